The summed E-state index contributed by atoms with van der Waals surface area (Å²) >= 11 is 0. The Kier molecular flexibility index (Phi) is 6.87. The van der Waals surface area contributed by atoms with Crippen molar-refractivity contribution < 1.29 is 19.4 Å². The number of carbonyl (C=O) groups is 1. The Morgan fingerprint density at radius 3 is 2.60 bits per heavy atom. The van der Waals surface area contributed by atoms with Crippen molar-refractivity contribution in [2.75, 3.05) is 33.4 Å². The van der Waals surface area contributed by atoms with Crippen molar-refractivity contribution in [3.63, 3.8) is 0 Å². The minimum atomic E-state index is -0.428. The summed E-state index contributed by atoms with van der Waals surface area (Å²) in [5.41, 5.74) is 0.337. The van der Waals surface area contributed by atoms with Gasteiger partial charge in [-0.25, -0.2) is 4.79 Å². The summed E-state index contributed by atoms with van der Waals surface area (Å²) in [4.78, 5) is 14.1. The second-order valence-electron chi connectivity index (χ2n) is 4.38. The second-order valence-corrected chi connectivity index (χ2v) is 4.38. The van der Waals surface area contributed by atoms with Gasteiger partial charge in [-0.2, -0.15) is 0 Å². The summed E-state index contributed by atoms with van der Waals surface area (Å²) in [6, 6.07) is 4.18. The summed E-state index contributed by atoms with van der Waals surface area (Å²) in [5, 5.41) is 11.3. The third-order valence-electron chi connectivity index (χ3n) is 3.15. The molecule has 0 radical (unpaired) electrons. The first-order valence-electron chi connectivity index (χ1n) is 6.86. The Morgan fingerprint density at radius 2 is 2.00 bits per heavy atom. The van der Waals surface area contributed by atoms with Crippen molar-refractivity contribution in [1.29, 1.82) is 0 Å². The van der Waals surface area contributed by atoms with E-state index in [-0.39, 0.29) is 11.5 Å². The molecule has 5 heteroatoms. The molecule has 20 heavy (non-hydrogen) atoms. The van der Waals surface area contributed by atoms with E-state index in [0.717, 1.165) is 26.1 Å². The van der Waals surface area contributed by atoms with E-state index in [1.807, 2.05) is 0 Å². The van der Waals surface area contributed by atoms with Crippen molar-refractivity contribution >= 4 is 5.97 Å². The number of benzene rings is 1. The van der Waals surface area contributed by atoms with E-state index in [1.165, 1.54) is 25.3 Å². The van der Waals surface area contributed by atoms with Crippen LogP contribution in [0.25, 0.3) is 0 Å². The standard InChI is InChI=1S/C15H23NO4/c1-4-16(5-2)9-6-10-20-15(18)12-7-8-13(17)14(11-12)19-3/h7-8,11,17H,4-6,9-10H2,1-3H3/p-1. The topological polar surface area (TPSA) is 61.8 Å². The Bertz CT molecular complexity index is 430. The third-order valence-corrected chi connectivity index (χ3v) is 3.15. The Morgan fingerprint density at radius 1 is 1.30 bits per heavy atom. The quantitative estimate of drug-likeness (QED) is 0.535. The van der Waals surface area contributed by atoms with Crippen LogP contribution in [0.1, 0.15) is 30.6 Å². The van der Waals surface area contributed by atoms with Crippen LogP contribution in [0.2, 0.25) is 0 Å². The number of rotatable bonds is 8. The van der Waals surface area contributed by atoms with Gasteiger partial charge in [0.15, 0.2) is 0 Å². The van der Waals surface area contributed by atoms with Crippen molar-refractivity contribution in [3.8, 4) is 11.5 Å². The lowest BCUT2D eigenvalue weighted by Crippen LogP contribution is -2.25. The molecule has 0 heterocycles. The molecule has 1 aromatic rings. The number of ether oxygens (including phenoxy) is 2. The Balaban J connectivity index is 2.43. The Labute approximate surface area is 120 Å². The van der Waals surface area contributed by atoms with Crippen LogP contribution in [0.5, 0.6) is 11.5 Å². The maximum Gasteiger partial charge on any atom is 0.338 e. The van der Waals surface area contributed by atoms with Gasteiger partial charge >= 0.3 is 5.97 Å². The van der Waals surface area contributed by atoms with Crippen molar-refractivity contribution in [1.82, 2.24) is 4.90 Å². The highest BCUT2D eigenvalue weighted by atomic mass is 16.5. The molecule has 0 bridgehead atoms. The highest BCUT2D eigenvalue weighted by molar-refractivity contribution is 5.90. The van der Waals surface area contributed by atoms with E-state index in [9.17, 15) is 9.90 Å². The summed E-state index contributed by atoms with van der Waals surface area (Å²) < 4.78 is 10.1. The number of nitrogens with zero attached hydrogens (tertiary/aromatic N) is 1. The van der Waals surface area contributed by atoms with E-state index in [0.29, 0.717) is 12.2 Å². The molecule has 0 aliphatic carbocycles. The van der Waals surface area contributed by atoms with Gasteiger partial charge in [-0.1, -0.05) is 25.7 Å². The number of carbonyl (C=O) groups excluding carboxylic acids is 1. The zero-order valence-electron chi connectivity index (χ0n) is 12.3. The first-order chi connectivity index (χ1) is 9.62. The number of hydrogen-bond acceptors (Lipinski definition) is 5. The fraction of sp³-hybridized carbons (Fsp3) is 0.533. The van der Waals surface area contributed by atoms with Gasteiger partial charge in [0.25, 0.3) is 0 Å². The fourth-order valence-corrected chi connectivity index (χ4v) is 1.87. The van der Waals surface area contributed by atoms with E-state index in [2.05, 4.69) is 18.7 Å². The van der Waals surface area contributed by atoms with Crippen LogP contribution in [0.3, 0.4) is 0 Å². The molecule has 112 valence electrons. The van der Waals surface area contributed by atoms with Crippen LogP contribution in [-0.2, 0) is 4.74 Å². The molecular weight excluding hydrogens is 258 g/mol. The zero-order chi connectivity index (χ0) is 15.0. The van der Waals surface area contributed by atoms with Crippen LogP contribution in [0.4, 0.5) is 0 Å². The van der Waals surface area contributed by atoms with E-state index in [1.54, 1.807) is 0 Å². The maximum atomic E-state index is 11.8. The van der Waals surface area contributed by atoms with Gasteiger partial charge in [0.2, 0.25) is 0 Å². The summed E-state index contributed by atoms with van der Waals surface area (Å²) in [6.07, 6.45) is 0.796. The molecule has 1 aromatic carbocycles. The molecule has 1 rings (SSSR count). The first kappa shape index (κ1) is 16.3. The molecule has 0 spiro atoms. The number of methoxy groups -OCH3 is 1. The van der Waals surface area contributed by atoms with Crippen LogP contribution in [0.15, 0.2) is 18.2 Å². The molecule has 0 N–H and O–H groups in total. The number of hydrogen-bond donors (Lipinski definition) is 0. The fourth-order valence-electron chi connectivity index (χ4n) is 1.87. The first-order valence-corrected chi connectivity index (χ1v) is 6.86. The Hall–Kier alpha value is -1.75. The lowest BCUT2D eigenvalue weighted by atomic mass is 10.2. The van der Waals surface area contributed by atoms with Gasteiger partial charge in [0.05, 0.1) is 19.3 Å². The van der Waals surface area contributed by atoms with Crippen LogP contribution in [-0.4, -0.2) is 44.2 Å². The van der Waals surface area contributed by atoms with Gasteiger partial charge in [-0.05, 0) is 31.6 Å². The summed E-state index contributed by atoms with van der Waals surface area (Å²) in [5.74, 6) is -0.518. The van der Waals surface area contributed by atoms with E-state index in [4.69, 9.17) is 9.47 Å². The van der Waals surface area contributed by atoms with Gasteiger partial charge in [-0.15, -0.1) is 0 Å². The lowest BCUT2D eigenvalue weighted by molar-refractivity contribution is -0.270. The molecular formula is C15H22NO4-. The van der Waals surface area contributed by atoms with Crippen molar-refractivity contribution in [2.24, 2.45) is 0 Å². The smallest absolute Gasteiger partial charge is 0.338 e. The van der Waals surface area contributed by atoms with Gasteiger partial charge in [0.1, 0.15) is 5.75 Å². The van der Waals surface area contributed by atoms with Gasteiger partial charge in [-0.3, -0.25) is 0 Å². The average Bonchev–Trinajstić information content (AvgIpc) is 2.47. The minimum Gasteiger partial charge on any atom is -0.870 e. The second kappa shape index (κ2) is 8.43. The minimum absolute atomic E-state index is 0.155. The SMILES string of the molecule is CCN(CC)CCCOC(=O)c1ccc([O-])c(OC)c1. The van der Waals surface area contributed by atoms with Crippen LogP contribution < -0.4 is 9.84 Å². The summed E-state index contributed by atoms with van der Waals surface area (Å²) in [6.45, 7) is 7.47. The predicted molar refractivity (Wildman–Crippen MR) is 75.1 cm³/mol. The van der Waals surface area contributed by atoms with Crippen LogP contribution in [0, 0.1) is 0 Å². The molecule has 0 saturated heterocycles. The monoisotopic (exact) mass is 280 g/mol. The predicted octanol–water partition coefficient (Wildman–Crippen LogP) is 1.66. The van der Waals surface area contributed by atoms with Crippen LogP contribution >= 0.6 is 0 Å². The molecule has 0 saturated carbocycles. The summed E-state index contributed by atoms with van der Waals surface area (Å²) in [7, 11) is 1.40. The molecule has 0 amide bonds. The van der Waals surface area contributed by atoms with E-state index >= 15 is 0 Å². The maximum absolute atomic E-state index is 11.8. The van der Waals surface area contributed by atoms with Gasteiger partial charge < -0.3 is 19.5 Å². The zero-order valence-corrected chi connectivity index (χ0v) is 12.3. The average molecular weight is 280 g/mol. The highest BCUT2D eigenvalue weighted by Crippen LogP contribution is 2.23. The number of esters is 1. The highest BCUT2D eigenvalue weighted by Gasteiger charge is 2.09. The molecule has 0 fully saturated rings. The normalized spacial score (nSPS) is 10.6. The van der Waals surface area contributed by atoms with Crippen molar-refractivity contribution in [3.05, 3.63) is 23.8 Å². The molecule has 0 aromatic heterocycles. The molecule has 0 aliphatic heterocycles. The van der Waals surface area contributed by atoms with Gasteiger partial charge in [0, 0.05) is 6.54 Å². The lowest BCUT2D eigenvalue weighted by Gasteiger charge is -2.17. The molecule has 5 nitrogen and oxygen atoms in total. The molecule has 0 unspecified atom stereocenters. The molecule has 0 aliphatic rings. The largest absolute Gasteiger partial charge is 0.870 e. The third kappa shape index (κ3) is 4.74. The molecule has 0 atom stereocenters. The van der Waals surface area contributed by atoms with Crippen molar-refractivity contribution in [2.45, 2.75) is 20.3 Å². The van der Waals surface area contributed by atoms with E-state index < -0.39 is 5.97 Å².